The highest BCUT2D eigenvalue weighted by molar-refractivity contribution is 5.95. The van der Waals surface area contributed by atoms with E-state index in [0.29, 0.717) is 13.0 Å². The molecule has 2 aliphatic rings. The van der Waals surface area contributed by atoms with Gasteiger partial charge in [-0.05, 0) is 58.9 Å². The molecule has 8 nitrogen and oxygen atoms in total. The molecule has 46 heavy (non-hydrogen) atoms. The van der Waals surface area contributed by atoms with Crippen molar-refractivity contribution in [1.82, 2.24) is 10.2 Å². The Hall–Kier alpha value is -5.25. The van der Waals surface area contributed by atoms with E-state index in [-0.39, 0.29) is 37.2 Å². The molecule has 1 fully saturated rings. The first kappa shape index (κ1) is 30.8. The largest absolute Gasteiger partial charge is 0.465 e. The molecule has 0 radical (unpaired) electrons. The molecule has 0 bridgehead atoms. The summed E-state index contributed by atoms with van der Waals surface area (Å²) in [6.45, 7) is 2.50. The summed E-state index contributed by atoms with van der Waals surface area (Å²) >= 11 is 0. The number of hydrogen-bond donors (Lipinski definition) is 2. The fourth-order valence-electron chi connectivity index (χ4n) is 6.57. The van der Waals surface area contributed by atoms with Crippen LogP contribution in [0.3, 0.4) is 0 Å². The molecule has 0 unspecified atom stereocenters. The van der Waals surface area contributed by atoms with Crippen LogP contribution in [0.1, 0.15) is 50.5 Å². The lowest BCUT2D eigenvalue weighted by Gasteiger charge is -2.44. The third-order valence-corrected chi connectivity index (χ3v) is 8.85. The highest BCUT2D eigenvalue weighted by Gasteiger charge is 2.55. The number of fused-ring (bicyclic) bond motifs is 2. The highest BCUT2D eigenvalue weighted by atomic mass is 19.2. The molecule has 0 aromatic heterocycles. The van der Waals surface area contributed by atoms with E-state index in [4.69, 9.17) is 9.47 Å². The molecule has 10 heteroatoms. The Morgan fingerprint density at radius 2 is 1.74 bits per heavy atom. The molecule has 2 amide bonds. The number of carbonyl (C=O) groups is 3. The number of halogens is 2. The molecule has 2 aliphatic heterocycles. The van der Waals surface area contributed by atoms with Gasteiger partial charge in [0.25, 0.3) is 0 Å². The number of nitrogens with zero attached hydrogens (tertiary/aromatic N) is 1. The zero-order valence-corrected chi connectivity index (χ0v) is 25.1. The van der Waals surface area contributed by atoms with Gasteiger partial charge in [0.2, 0.25) is 0 Å². The fraction of sp³-hybridized carbons (Fsp3) is 0.250. The van der Waals surface area contributed by atoms with Crippen molar-refractivity contribution in [3.63, 3.8) is 0 Å². The van der Waals surface area contributed by atoms with Gasteiger partial charge in [-0.15, -0.1) is 0 Å². The first-order valence-electron chi connectivity index (χ1n) is 15.0. The van der Waals surface area contributed by atoms with Crippen molar-refractivity contribution < 1.29 is 37.7 Å². The maximum atomic E-state index is 14.5. The van der Waals surface area contributed by atoms with Crippen LogP contribution in [0.5, 0.6) is 0 Å². The number of ether oxygens (including phenoxy) is 2. The van der Waals surface area contributed by atoms with Crippen molar-refractivity contribution in [2.24, 2.45) is 0 Å². The van der Waals surface area contributed by atoms with E-state index in [0.717, 1.165) is 45.5 Å². The topological polar surface area (TPSA) is 105 Å². The summed E-state index contributed by atoms with van der Waals surface area (Å²) in [7, 11) is 0. The number of rotatable bonds is 7. The van der Waals surface area contributed by atoms with E-state index >= 15 is 0 Å². The van der Waals surface area contributed by atoms with Crippen LogP contribution in [-0.4, -0.2) is 47.8 Å². The van der Waals surface area contributed by atoms with E-state index < -0.39 is 41.3 Å². The van der Waals surface area contributed by atoms with Gasteiger partial charge >= 0.3 is 18.2 Å². The van der Waals surface area contributed by atoms with E-state index in [2.05, 4.69) is 5.32 Å². The highest BCUT2D eigenvalue weighted by Crippen LogP contribution is 2.52. The van der Waals surface area contributed by atoms with Gasteiger partial charge < -0.3 is 24.8 Å². The summed E-state index contributed by atoms with van der Waals surface area (Å²) in [5, 5.41) is 12.6. The standard InChI is InChI=1S/C36H32F2N2O6/c1-22-17-25(27-10-6-5-9-24(27)13-15-39-34(42)45-21-23-7-3-2-4-8-23)11-12-26(22)30-20-40(35(43)44)16-14-36(30)29-19-32(38)31(37)18-28(29)33(41)46-36/h2-12,17-19,30H,13-16,20-21H2,1H3,(H,39,42)(H,43,44)/t30-,36+/m1/s1. The number of hydrogen-bond acceptors (Lipinski definition) is 5. The first-order chi connectivity index (χ1) is 22.2. The third-order valence-electron chi connectivity index (χ3n) is 8.85. The number of esters is 1. The van der Waals surface area contributed by atoms with E-state index in [1.54, 1.807) is 0 Å². The van der Waals surface area contributed by atoms with Crippen LogP contribution in [0, 0.1) is 18.6 Å². The summed E-state index contributed by atoms with van der Waals surface area (Å²) in [6, 6.07) is 24.9. The maximum Gasteiger partial charge on any atom is 0.407 e. The van der Waals surface area contributed by atoms with Gasteiger partial charge in [0.15, 0.2) is 11.6 Å². The number of nitrogens with one attached hydrogen (secondary N) is 1. The molecule has 1 spiro atoms. The molecular weight excluding hydrogens is 594 g/mol. The molecule has 236 valence electrons. The van der Waals surface area contributed by atoms with Gasteiger partial charge in [-0.25, -0.2) is 23.2 Å². The van der Waals surface area contributed by atoms with Gasteiger partial charge in [0.05, 0.1) is 5.56 Å². The molecule has 6 rings (SSSR count). The molecule has 2 N–H and O–H groups in total. The minimum Gasteiger partial charge on any atom is -0.465 e. The van der Waals surface area contributed by atoms with Gasteiger partial charge in [0.1, 0.15) is 12.2 Å². The summed E-state index contributed by atoms with van der Waals surface area (Å²) in [4.78, 5) is 38.4. The number of alkyl carbamates (subject to hydrolysis) is 1. The van der Waals surface area contributed by atoms with Crippen LogP contribution in [0.25, 0.3) is 11.1 Å². The Kier molecular flexibility index (Phi) is 8.44. The van der Waals surface area contributed by atoms with E-state index in [9.17, 15) is 28.3 Å². The number of likely N-dealkylation sites (tertiary alicyclic amines) is 1. The Labute approximate surface area is 264 Å². The van der Waals surface area contributed by atoms with Crippen LogP contribution in [0.2, 0.25) is 0 Å². The predicted molar refractivity (Wildman–Crippen MR) is 165 cm³/mol. The van der Waals surface area contributed by atoms with Crippen LogP contribution in [-0.2, 0) is 28.1 Å². The van der Waals surface area contributed by atoms with Crippen molar-refractivity contribution in [3.05, 3.63) is 130 Å². The quantitative estimate of drug-likeness (QED) is 0.215. The van der Waals surface area contributed by atoms with Crippen LogP contribution in [0.15, 0.2) is 84.9 Å². The Bertz CT molecular complexity index is 1810. The SMILES string of the molecule is Cc1cc(-c2ccccc2CCNC(=O)OCc2ccccc2)ccc1[C@H]1CN(C(=O)O)CC[C@@]12OC(=O)c1cc(F)c(F)cc12. The first-order valence-corrected chi connectivity index (χ1v) is 15.0. The summed E-state index contributed by atoms with van der Waals surface area (Å²) in [6.07, 6.45) is -0.977. The van der Waals surface area contributed by atoms with Crippen molar-refractivity contribution in [2.75, 3.05) is 19.6 Å². The van der Waals surface area contributed by atoms with Gasteiger partial charge in [-0.1, -0.05) is 72.8 Å². The van der Waals surface area contributed by atoms with Crippen LogP contribution >= 0.6 is 0 Å². The second kappa shape index (κ2) is 12.6. The smallest absolute Gasteiger partial charge is 0.407 e. The number of aryl methyl sites for hydroxylation is 1. The second-order valence-electron chi connectivity index (χ2n) is 11.6. The number of benzene rings is 4. The lowest BCUT2D eigenvalue weighted by Crippen LogP contribution is -2.50. The second-order valence-corrected chi connectivity index (χ2v) is 11.6. The van der Waals surface area contributed by atoms with Crippen molar-refractivity contribution in [2.45, 2.75) is 37.9 Å². The summed E-state index contributed by atoms with van der Waals surface area (Å²) < 4.78 is 39.8. The number of carboxylic acid groups (broad SMARTS) is 1. The van der Waals surface area contributed by atoms with Gasteiger partial charge in [-0.3, -0.25) is 0 Å². The van der Waals surface area contributed by atoms with Crippen molar-refractivity contribution >= 4 is 18.2 Å². The minimum atomic E-state index is -1.35. The lowest BCUT2D eigenvalue weighted by molar-refractivity contribution is -0.0545. The normalized spacial score (nSPS) is 18.6. The molecule has 0 aliphatic carbocycles. The molecule has 4 aromatic rings. The number of amides is 2. The third kappa shape index (κ3) is 5.90. The lowest BCUT2D eigenvalue weighted by atomic mass is 9.71. The molecule has 4 aromatic carbocycles. The maximum absolute atomic E-state index is 14.5. The van der Waals surface area contributed by atoms with E-state index in [1.807, 2.05) is 79.7 Å². The number of carbonyl (C=O) groups excluding carboxylic acids is 2. The van der Waals surface area contributed by atoms with E-state index in [1.165, 1.54) is 4.90 Å². The summed E-state index contributed by atoms with van der Waals surface area (Å²) in [5.74, 6) is -3.67. The zero-order valence-electron chi connectivity index (χ0n) is 25.1. The Balaban J connectivity index is 1.24. The Morgan fingerprint density at radius 1 is 1.00 bits per heavy atom. The van der Waals surface area contributed by atoms with Crippen molar-refractivity contribution in [3.8, 4) is 11.1 Å². The Morgan fingerprint density at radius 3 is 2.50 bits per heavy atom. The minimum absolute atomic E-state index is 0.00383. The molecular formula is C36H32F2N2O6. The molecule has 1 saturated heterocycles. The van der Waals surface area contributed by atoms with Crippen molar-refractivity contribution in [1.29, 1.82) is 0 Å². The van der Waals surface area contributed by atoms with Crippen LogP contribution in [0.4, 0.5) is 18.4 Å². The average Bonchev–Trinajstić information content (AvgIpc) is 3.31. The zero-order chi connectivity index (χ0) is 32.4. The average molecular weight is 627 g/mol. The summed E-state index contributed by atoms with van der Waals surface area (Å²) in [5.41, 5.74) is 4.14. The van der Waals surface area contributed by atoms with Gasteiger partial charge in [0, 0.05) is 37.5 Å². The molecule has 2 atom stereocenters. The van der Waals surface area contributed by atoms with Gasteiger partial charge in [-0.2, -0.15) is 0 Å². The number of piperidine rings is 1. The molecule has 0 saturated carbocycles. The monoisotopic (exact) mass is 626 g/mol. The fourth-order valence-corrected chi connectivity index (χ4v) is 6.57. The molecule has 2 heterocycles. The predicted octanol–water partition coefficient (Wildman–Crippen LogP) is 6.94. The van der Waals surface area contributed by atoms with Crippen LogP contribution < -0.4 is 5.32 Å².